The highest BCUT2D eigenvalue weighted by atomic mass is 27.1. The second-order valence-electron chi connectivity index (χ2n) is 4.71. The van der Waals surface area contributed by atoms with Gasteiger partial charge >= 0.3 is 0 Å². The Morgan fingerprint density at radius 2 is 1.56 bits per heavy atom. The fraction of sp³-hybridized carbons (Fsp3) is 0.600. The molecule has 0 bridgehead atoms. The molecule has 0 saturated heterocycles. The Kier molecular flexibility index (Phi) is 8.58. The van der Waals surface area contributed by atoms with E-state index in [-0.39, 0.29) is 15.2 Å². The molecule has 0 atom stereocenters. The van der Waals surface area contributed by atoms with Crippen molar-refractivity contribution < 1.29 is 0 Å². The van der Waals surface area contributed by atoms with E-state index in [0.29, 0.717) is 0 Å². The number of rotatable bonds is 9. The maximum Gasteiger partial charge on any atom is 0.242 e. The molecule has 0 radical (unpaired) electrons. The van der Waals surface area contributed by atoms with Gasteiger partial charge in [-0.1, -0.05) is 91.9 Å². The lowest BCUT2D eigenvalue weighted by molar-refractivity contribution is 0.624. The van der Waals surface area contributed by atoms with Crippen molar-refractivity contribution in [3.8, 4) is 0 Å². The minimum Gasteiger partial charge on any atom is -0.0969 e. The summed E-state index contributed by atoms with van der Waals surface area (Å²) in [4.78, 5) is 0. The van der Waals surface area contributed by atoms with Crippen molar-refractivity contribution in [1.82, 2.24) is 0 Å². The third-order valence-electron chi connectivity index (χ3n) is 3.16. The molecule has 0 aliphatic carbocycles. The van der Waals surface area contributed by atoms with Gasteiger partial charge in [0.1, 0.15) is 0 Å². The molecule has 0 saturated carbocycles. The number of benzene rings is 1. The predicted octanol–water partition coefficient (Wildman–Crippen LogP) is 4.40. The highest BCUT2D eigenvalue weighted by molar-refractivity contribution is 6.34. The van der Waals surface area contributed by atoms with Crippen molar-refractivity contribution in [3.05, 3.63) is 35.9 Å². The molecule has 0 N–H and O–H groups in total. The summed E-state index contributed by atoms with van der Waals surface area (Å²) >= 11 is 0.174. The van der Waals surface area contributed by atoms with Crippen molar-refractivity contribution in [2.75, 3.05) is 0 Å². The van der Waals surface area contributed by atoms with Crippen molar-refractivity contribution in [2.45, 2.75) is 56.0 Å². The molecule has 1 aromatic carbocycles. The van der Waals surface area contributed by atoms with Crippen LogP contribution in [0.25, 0.3) is 0 Å². The van der Waals surface area contributed by atoms with Crippen molar-refractivity contribution in [1.29, 1.82) is 0 Å². The van der Waals surface area contributed by atoms with E-state index in [4.69, 9.17) is 0 Å². The molecule has 0 heterocycles. The van der Waals surface area contributed by atoms with E-state index in [9.17, 15) is 0 Å². The normalized spacial score (nSPS) is 10.3. The van der Waals surface area contributed by atoms with E-state index in [1.165, 1.54) is 43.8 Å². The van der Waals surface area contributed by atoms with Crippen LogP contribution >= 0.6 is 0 Å². The average Bonchev–Trinajstić information content (AvgIpc) is 2.34. The summed E-state index contributed by atoms with van der Waals surface area (Å²) in [6.07, 6.45) is 8.68. The van der Waals surface area contributed by atoms with E-state index in [1.807, 2.05) is 0 Å². The number of unbranched alkanes of at least 4 members (excludes halogenated alkanes) is 5. The predicted molar refractivity (Wildman–Crippen MR) is 75.5 cm³/mol. The van der Waals surface area contributed by atoms with Crippen LogP contribution in [-0.2, 0) is 5.28 Å². The van der Waals surface area contributed by atoms with Gasteiger partial charge in [0.2, 0.25) is 15.2 Å². The van der Waals surface area contributed by atoms with Gasteiger partial charge in [0.15, 0.2) is 0 Å². The largest absolute Gasteiger partial charge is 0.242 e. The Labute approximate surface area is 107 Å². The molecule has 1 aromatic rings. The lowest BCUT2D eigenvalue weighted by Gasteiger charge is -2.00. The first kappa shape index (κ1) is 13.8. The molecule has 0 unspecified atom stereocenters. The Morgan fingerprint density at radius 3 is 2.31 bits per heavy atom. The van der Waals surface area contributed by atoms with Crippen LogP contribution in [0.2, 0.25) is 5.28 Å². The van der Waals surface area contributed by atoms with Gasteiger partial charge in [-0.15, -0.1) is 0 Å². The first-order chi connectivity index (χ1) is 7.93. The third kappa shape index (κ3) is 7.10. The summed E-state index contributed by atoms with van der Waals surface area (Å²) in [5.41, 5.74) is 1.56. The highest BCUT2D eigenvalue weighted by Gasteiger charge is 1.96. The van der Waals surface area contributed by atoms with Gasteiger partial charge in [-0.2, -0.15) is 0 Å². The van der Waals surface area contributed by atoms with Crippen LogP contribution in [0.5, 0.6) is 0 Å². The maximum atomic E-state index is 2.28. The van der Waals surface area contributed by atoms with E-state index < -0.39 is 0 Å². The maximum absolute atomic E-state index is 2.28. The van der Waals surface area contributed by atoms with Gasteiger partial charge in [-0.3, -0.25) is 0 Å². The smallest absolute Gasteiger partial charge is 0.0969 e. The molecule has 1 rings (SSSR count). The minimum atomic E-state index is 0.174. The summed E-state index contributed by atoms with van der Waals surface area (Å²) in [6.45, 7) is 2.28. The number of hydrogen-bond acceptors (Lipinski definition) is 0. The van der Waals surface area contributed by atoms with Crippen molar-refractivity contribution in [3.63, 3.8) is 0 Å². The van der Waals surface area contributed by atoms with Crippen LogP contribution in [0, 0.1) is 0 Å². The zero-order valence-electron chi connectivity index (χ0n) is 10.8. The van der Waals surface area contributed by atoms with Crippen molar-refractivity contribution in [2.24, 2.45) is 0 Å². The van der Waals surface area contributed by atoms with E-state index in [2.05, 4.69) is 37.3 Å². The third-order valence-corrected chi connectivity index (χ3v) is 5.09. The monoisotopic (exact) mass is 232 g/mol. The van der Waals surface area contributed by atoms with Gasteiger partial charge in [0.05, 0.1) is 0 Å². The molecule has 0 aliphatic heterocycles. The minimum absolute atomic E-state index is 0.174. The summed E-state index contributed by atoms with van der Waals surface area (Å²) in [6, 6.07) is 11.0. The molecular formula is C15H25Al. The Bertz CT molecular complexity index is 243. The second kappa shape index (κ2) is 9.94. The summed E-state index contributed by atoms with van der Waals surface area (Å²) < 4.78 is 0. The standard InChI is InChI=1S/C8H17.C7H7.Al.H/c1-3-5-7-8-6-4-2;1-7-5-3-2-4-6-7;;/h1,3-8H2,2H3;2-6H,1H2;;. The Morgan fingerprint density at radius 1 is 0.875 bits per heavy atom. The zero-order chi connectivity index (χ0) is 11.5. The first-order valence-electron chi connectivity index (χ1n) is 6.97. The molecule has 88 valence electrons. The molecule has 0 fully saturated rings. The summed E-state index contributed by atoms with van der Waals surface area (Å²) in [5.74, 6) is 0. The van der Waals surface area contributed by atoms with Crippen molar-refractivity contribution >= 4 is 15.2 Å². The fourth-order valence-electron chi connectivity index (χ4n) is 2.11. The Balaban J connectivity index is 1.89. The molecule has 1 heteroatoms. The average molecular weight is 232 g/mol. The quantitative estimate of drug-likeness (QED) is 0.437. The molecule has 0 amide bonds. The summed E-state index contributed by atoms with van der Waals surface area (Å²) in [7, 11) is 0. The van der Waals surface area contributed by atoms with Gasteiger partial charge in [0.25, 0.3) is 0 Å². The second-order valence-corrected chi connectivity index (χ2v) is 6.62. The van der Waals surface area contributed by atoms with Gasteiger partial charge in [0, 0.05) is 0 Å². The molecule has 16 heavy (non-hydrogen) atoms. The van der Waals surface area contributed by atoms with Crippen LogP contribution in [0.4, 0.5) is 0 Å². The summed E-state index contributed by atoms with van der Waals surface area (Å²) in [5, 5.41) is 2.94. The Hall–Kier alpha value is -0.248. The molecule has 0 nitrogen and oxygen atoms in total. The highest BCUT2D eigenvalue weighted by Crippen LogP contribution is 2.08. The van der Waals surface area contributed by atoms with Gasteiger partial charge in [-0.05, 0) is 0 Å². The van der Waals surface area contributed by atoms with E-state index in [0.717, 1.165) is 0 Å². The fourth-order valence-corrected chi connectivity index (χ4v) is 3.81. The van der Waals surface area contributed by atoms with E-state index in [1.54, 1.807) is 10.8 Å². The van der Waals surface area contributed by atoms with Gasteiger partial charge in [-0.25, -0.2) is 0 Å². The van der Waals surface area contributed by atoms with E-state index >= 15 is 0 Å². The molecule has 0 spiro atoms. The van der Waals surface area contributed by atoms with Crippen LogP contribution < -0.4 is 0 Å². The molecular weight excluding hydrogens is 207 g/mol. The SMILES string of the molecule is CCCCCCC[CH2][AlH][CH2]c1ccccc1. The number of hydrogen-bond donors (Lipinski definition) is 0. The first-order valence-corrected chi connectivity index (χ1v) is 8.97. The van der Waals surface area contributed by atoms with Gasteiger partial charge < -0.3 is 0 Å². The lowest BCUT2D eigenvalue weighted by Crippen LogP contribution is -1.96. The lowest BCUT2D eigenvalue weighted by atomic mass is 10.1. The van der Waals surface area contributed by atoms with Crippen LogP contribution in [0.3, 0.4) is 0 Å². The van der Waals surface area contributed by atoms with Crippen LogP contribution in [0.1, 0.15) is 51.0 Å². The molecule has 0 aliphatic rings. The van der Waals surface area contributed by atoms with Crippen LogP contribution in [-0.4, -0.2) is 15.2 Å². The molecule has 0 aromatic heterocycles. The topological polar surface area (TPSA) is 0 Å². The van der Waals surface area contributed by atoms with Crippen LogP contribution in [0.15, 0.2) is 30.3 Å². The zero-order valence-corrected chi connectivity index (χ0v) is 12.2.